The van der Waals surface area contributed by atoms with E-state index in [1.807, 2.05) is 24.3 Å². The fraction of sp³-hybridized carbons (Fsp3) is 0.389. The standard InChI is InChI=1S/C18H21NO3/c1-21-17-5-4-15-10-13(2-3-16(15)11-17)12-19-18(20)14-6-8-22-9-7-14/h2-5,10-11,14H,6-9,12H2,1H3,(H,19,20). The number of carbonyl (C=O) groups is 1. The summed E-state index contributed by atoms with van der Waals surface area (Å²) in [6.45, 7) is 1.95. The molecule has 0 aromatic heterocycles. The van der Waals surface area contributed by atoms with Gasteiger partial charge in [0.15, 0.2) is 0 Å². The largest absolute Gasteiger partial charge is 0.497 e. The van der Waals surface area contributed by atoms with Crippen molar-refractivity contribution < 1.29 is 14.3 Å². The monoisotopic (exact) mass is 299 g/mol. The number of ether oxygens (including phenoxy) is 2. The average molecular weight is 299 g/mol. The Balaban J connectivity index is 1.65. The van der Waals surface area contributed by atoms with Gasteiger partial charge < -0.3 is 14.8 Å². The third-order valence-corrected chi connectivity index (χ3v) is 4.17. The van der Waals surface area contributed by atoms with E-state index in [1.165, 1.54) is 0 Å². The van der Waals surface area contributed by atoms with E-state index in [1.54, 1.807) is 7.11 Å². The third kappa shape index (κ3) is 3.39. The highest BCUT2D eigenvalue weighted by Gasteiger charge is 2.20. The van der Waals surface area contributed by atoms with Gasteiger partial charge in [-0.2, -0.15) is 0 Å². The minimum atomic E-state index is 0.0958. The van der Waals surface area contributed by atoms with Gasteiger partial charge in [0.05, 0.1) is 7.11 Å². The number of rotatable bonds is 4. The van der Waals surface area contributed by atoms with E-state index >= 15 is 0 Å². The first kappa shape index (κ1) is 14.9. The van der Waals surface area contributed by atoms with Gasteiger partial charge in [-0.3, -0.25) is 4.79 Å². The molecule has 4 nitrogen and oxygen atoms in total. The zero-order valence-electron chi connectivity index (χ0n) is 12.8. The molecule has 0 radical (unpaired) electrons. The van der Waals surface area contributed by atoms with Crippen LogP contribution in [-0.2, 0) is 16.1 Å². The number of benzene rings is 2. The SMILES string of the molecule is COc1ccc2cc(CNC(=O)C3CCOCC3)ccc2c1. The predicted octanol–water partition coefficient (Wildman–Crippen LogP) is 2.89. The van der Waals surface area contributed by atoms with Crippen LogP contribution in [0.5, 0.6) is 5.75 Å². The molecule has 116 valence electrons. The smallest absolute Gasteiger partial charge is 0.223 e. The van der Waals surface area contributed by atoms with E-state index in [9.17, 15) is 4.79 Å². The van der Waals surface area contributed by atoms with Crippen molar-refractivity contribution in [1.82, 2.24) is 5.32 Å². The van der Waals surface area contributed by atoms with Gasteiger partial charge in [-0.05, 0) is 47.4 Å². The zero-order valence-corrected chi connectivity index (χ0v) is 12.8. The van der Waals surface area contributed by atoms with E-state index < -0.39 is 0 Å². The summed E-state index contributed by atoms with van der Waals surface area (Å²) in [5.41, 5.74) is 1.11. The predicted molar refractivity (Wildman–Crippen MR) is 85.9 cm³/mol. The molecule has 1 aliphatic rings. The minimum absolute atomic E-state index is 0.0958. The van der Waals surface area contributed by atoms with Gasteiger partial charge in [0.25, 0.3) is 0 Å². The molecule has 1 saturated heterocycles. The fourth-order valence-corrected chi connectivity index (χ4v) is 2.80. The molecule has 2 aromatic carbocycles. The highest BCUT2D eigenvalue weighted by Crippen LogP contribution is 2.22. The molecule has 0 bridgehead atoms. The maximum atomic E-state index is 12.1. The second-order valence-electron chi connectivity index (χ2n) is 5.65. The normalized spacial score (nSPS) is 15.7. The Hall–Kier alpha value is -2.07. The van der Waals surface area contributed by atoms with Crippen LogP contribution in [0.4, 0.5) is 0 Å². The van der Waals surface area contributed by atoms with Crippen molar-refractivity contribution in [2.24, 2.45) is 5.92 Å². The van der Waals surface area contributed by atoms with Gasteiger partial charge in [0.2, 0.25) is 5.91 Å². The quantitative estimate of drug-likeness (QED) is 0.944. The lowest BCUT2D eigenvalue weighted by Gasteiger charge is -2.21. The van der Waals surface area contributed by atoms with Crippen LogP contribution < -0.4 is 10.1 Å². The van der Waals surface area contributed by atoms with Crippen LogP contribution in [0.2, 0.25) is 0 Å². The summed E-state index contributed by atoms with van der Waals surface area (Å²) in [5, 5.41) is 5.33. The van der Waals surface area contributed by atoms with Gasteiger partial charge in [0.1, 0.15) is 5.75 Å². The van der Waals surface area contributed by atoms with Crippen LogP contribution in [0.15, 0.2) is 36.4 Å². The van der Waals surface area contributed by atoms with Crippen LogP contribution in [0, 0.1) is 5.92 Å². The van der Waals surface area contributed by atoms with E-state index in [-0.39, 0.29) is 11.8 Å². The van der Waals surface area contributed by atoms with Crippen molar-refractivity contribution in [3.05, 3.63) is 42.0 Å². The topological polar surface area (TPSA) is 47.6 Å². The van der Waals surface area contributed by atoms with Crippen LogP contribution in [0.3, 0.4) is 0 Å². The minimum Gasteiger partial charge on any atom is -0.497 e. The van der Waals surface area contributed by atoms with Crippen molar-refractivity contribution >= 4 is 16.7 Å². The molecule has 1 N–H and O–H groups in total. The molecule has 1 amide bonds. The summed E-state index contributed by atoms with van der Waals surface area (Å²) < 4.78 is 10.5. The molecule has 2 aromatic rings. The molecule has 0 aliphatic carbocycles. The number of hydrogen-bond acceptors (Lipinski definition) is 3. The van der Waals surface area contributed by atoms with E-state index in [0.29, 0.717) is 19.8 Å². The number of fused-ring (bicyclic) bond motifs is 1. The molecule has 22 heavy (non-hydrogen) atoms. The van der Waals surface area contributed by atoms with Crippen molar-refractivity contribution in [3.8, 4) is 5.75 Å². The van der Waals surface area contributed by atoms with Crippen molar-refractivity contribution in [2.75, 3.05) is 20.3 Å². The Bertz CT molecular complexity index is 662. The molecule has 0 spiro atoms. The third-order valence-electron chi connectivity index (χ3n) is 4.17. The number of amides is 1. The van der Waals surface area contributed by atoms with Crippen LogP contribution in [-0.4, -0.2) is 26.2 Å². The lowest BCUT2D eigenvalue weighted by atomic mass is 9.99. The Morgan fingerprint density at radius 3 is 2.68 bits per heavy atom. The van der Waals surface area contributed by atoms with Gasteiger partial charge in [0, 0.05) is 25.7 Å². The summed E-state index contributed by atoms with van der Waals surface area (Å²) in [4.78, 5) is 12.1. The van der Waals surface area contributed by atoms with Crippen molar-refractivity contribution in [2.45, 2.75) is 19.4 Å². The van der Waals surface area contributed by atoms with E-state index in [0.717, 1.165) is 34.9 Å². The lowest BCUT2D eigenvalue weighted by molar-refractivity contribution is -0.128. The Morgan fingerprint density at radius 1 is 1.18 bits per heavy atom. The number of nitrogens with one attached hydrogen (secondary N) is 1. The summed E-state index contributed by atoms with van der Waals surface area (Å²) in [7, 11) is 1.67. The molecular formula is C18H21NO3. The summed E-state index contributed by atoms with van der Waals surface area (Å²) in [5.74, 6) is 1.09. The number of methoxy groups -OCH3 is 1. The lowest BCUT2D eigenvalue weighted by Crippen LogP contribution is -2.33. The summed E-state index contributed by atoms with van der Waals surface area (Å²) >= 11 is 0. The van der Waals surface area contributed by atoms with Gasteiger partial charge in [-0.25, -0.2) is 0 Å². The molecule has 1 fully saturated rings. The van der Waals surface area contributed by atoms with E-state index in [4.69, 9.17) is 9.47 Å². The maximum Gasteiger partial charge on any atom is 0.223 e. The fourth-order valence-electron chi connectivity index (χ4n) is 2.80. The Morgan fingerprint density at radius 2 is 1.91 bits per heavy atom. The summed E-state index contributed by atoms with van der Waals surface area (Å²) in [6, 6.07) is 12.2. The van der Waals surface area contributed by atoms with Gasteiger partial charge in [-0.15, -0.1) is 0 Å². The molecule has 1 heterocycles. The van der Waals surface area contributed by atoms with E-state index in [2.05, 4.69) is 17.4 Å². The van der Waals surface area contributed by atoms with Crippen molar-refractivity contribution in [1.29, 1.82) is 0 Å². The molecule has 1 aliphatic heterocycles. The Kier molecular flexibility index (Phi) is 4.59. The van der Waals surface area contributed by atoms with Gasteiger partial charge in [-0.1, -0.05) is 18.2 Å². The molecule has 4 heteroatoms. The molecule has 3 rings (SSSR count). The first-order chi connectivity index (χ1) is 10.8. The van der Waals surface area contributed by atoms with Crippen LogP contribution in [0.1, 0.15) is 18.4 Å². The maximum absolute atomic E-state index is 12.1. The second kappa shape index (κ2) is 6.79. The number of carbonyl (C=O) groups excluding carboxylic acids is 1. The molecule has 0 saturated carbocycles. The van der Waals surface area contributed by atoms with Crippen LogP contribution >= 0.6 is 0 Å². The molecular weight excluding hydrogens is 278 g/mol. The highest BCUT2D eigenvalue weighted by atomic mass is 16.5. The Labute approximate surface area is 130 Å². The van der Waals surface area contributed by atoms with Crippen LogP contribution in [0.25, 0.3) is 10.8 Å². The average Bonchev–Trinajstić information content (AvgIpc) is 2.59. The highest BCUT2D eigenvalue weighted by molar-refractivity contribution is 5.84. The summed E-state index contributed by atoms with van der Waals surface area (Å²) in [6.07, 6.45) is 1.65. The first-order valence-electron chi connectivity index (χ1n) is 7.68. The van der Waals surface area contributed by atoms with Gasteiger partial charge >= 0.3 is 0 Å². The molecule has 0 atom stereocenters. The number of hydrogen-bond donors (Lipinski definition) is 1. The zero-order chi connectivity index (χ0) is 15.4. The van der Waals surface area contributed by atoms with Crippen molar-refractivity contribution in [3.63, 3.8) is 0 Å². The first-order valence-corrected chi connectivity index (χ1v) is 7.68. The molecule has 0 unspecified atom stereocenters. The second-order valence-corrected chi connectivity index (χ2v) is 5.65.